The maximum absolute atomic E-state index is 8.36. The van der Waals surface area contributed by atoms with Gasteiger partial charge in [-0.25, -0.2) is 0 Å². The van der Waals surface area contributed by atoms with Gasteiger partial charge in [-0.3, -0.25) is 19.2 Å². The van der Waals surface area contributed by atoms with Crippen molar-refractivity contribution in [2.75, 3.05) is 0 Å². The average Bonchev–Trinajstić information content (AvgIpc) is 1.92. The van der Waals surface area contributed by atoms with E-state index in [1.54, 1.807) is 0 Å². The van der Waals surface area contributed by atoms with E-state index in [1.807, 2.05) is 0 Å². The van der Waals surface area contributed by atoms with Crippen LogP contribution in [0.15, 0.2) is 0 Å². The molecule has 14 heavy (non-hydrogen) atoms. The van der Waals surface area contributed by atoms with E-state index < -0.39 is 0 Å². The van der Waals surface area contributed by atoms with Crippen molar-refractivity contribution in [3.8, 4) is 0 Å². The second kappa shape index (κ2) is 168. The Kier molecular flexibility index (Phi) is 459. The second-order valence-electron chi connectivity index (χ2n) is 0.422. The Morgan fingerprint density at radius 2 is 0.571 bits per heavy atom. The van der Waals surface area contributed by atoms with E-state index in [4.69, 9.17) is 39.6 Å². The SMILES string of the molecule is O=CO.O=CO.O=CO.O=CO.[Co].[Cu]. The summed E-state index contributed by atoms with van der Waals surface area (Å²) in [6, 6.07) is 0. The molecular formula is C4H8CoCuO8. The topological polar surface area (TPSA) is 149 Å². The van der Waals surface area contributed by atoms with E-state index in [0.717, 1.165) is 0 Å². The average molecular weight is 307 g/mol. The second-order valence-corrected chi connectivity index (χ2v) is 0.422. The van der Waals surface area contributed by atoms with E-state index >= 15 is 0 Å². The largest absolute Gasteiger partial charge is 0.483 e. The molecular weight excluding hydrogens is 299 g/mol. The molecule has 0 saturated carbocycles. The maximum Gasteiger partial charge on any atom is 0.290 e. The summed E-state index contributed by atoms with van der Waals surface area (Å²) in [5, 5.41) is 27.6. The van der Waals surface area contributed by atoms with Gasteiger partial charge in [-0.1, -0.05) is 0 Å². The molecule has 0 aliphatic rings. The normalized spacial score (nSPS) is 3.43. The molecule has 0 saturated heterocycles. The first-order chi connectivity index (χ1) is 5.66. The monoisotopic (exact) mass is 306 g/mol. The molecule has 10 heteroatoms. The summed E-state index contributed by atoms with van der Waals surface area (Å²) >= 11 is 0. The number of rotatable bonds is 0. The Morgan fingerprint density at radius 1 is 0.571 bits per heavy atom. The molecule has 0 atom stereocenters. The first-order valence-corrected chi connectivity index (χ1v) is 1.98. The zero-order valence-corrected chi connectivity index (χ0v) is 8.35. The van der Waals surface area contributed by atoms with Crippen molar-refractivity contribution >= 4 is 25.9 Å². The molecule has 0 fully saturated rings. The third kappa shape index (κ3) is 894. The van der Waals surface area contributed by atoms with Gasteiger partial charge in [0, 0.05) is 33.8 Å². The van der Waals surface area contributed by atoms with Gasteiger partial charge in [0.25, 0.3) is 25.9 Å². The Morgan fingerprint density at radius 3 is 0.571 bits per heavy atom. The molecule has 0 bridgehead atoms. The molecule has 0 amide bonds. The van der Waals surface area contributed by atoms with Crippen LogP contribution in [-0.2, 0) is 53.0 Å². The van der Waals surface area contributed by atoms with Crippen LogP contribution in [0.4, 0.5) is 0 Å². The zero-order chi connectivity index (χ0) is 10.8. The summed E-state index contributed by atoms with van der Waals surface area (Å²) in [5.41, 5.74) is 0. The van der Waals surface area contributed by atoms with E-state index in [9.17, 15) is 0 Å². The van der Waals surface area contributed by atoms with Crippen LogP contribution in [0.2, 0.25) is 0 Å². The van der Waals surface area contributed by atoms with Crippen molar-refractivity contribution < 1.29 is 73.5 Å². The predicted octanol–water partition coefficient (Wildman–Crippen LogP) is -1.20. The Balaban J connectivity index is -0.0000000145. The number of hydrogen-bond acceptors (Lipinski definition) is 4. The van der Waals surface area contributed by atoms with Gasteiger partial charge in [0.15, 0.2) is 0 Å². The van der Waals surface area contributed by atoms with Crippen LogP contribution in [0.1, 0.15) is 0 Å². The van der Waals surface area contributed by atoms with Gasteiger partial charge in [-0.05, 0) is 0 Å². The molecule has 0 aromatic rings. The van der Waals surface area contributed by atoms with Crippen molar-refractivity contribution in [3.05, 3.63) is 0 Å². The number of hydrogen-bond donors (Lipinski definition) is 4. The smallest absolute Gasteiger partial charge is 0.290 e. The molecule has 8 nitrogen and oxygen atoms in total. The Labute approximate surface area is 99.6 Å². The summed E-state index contributed by atoms with van der Waals surface area (Å²) in [7, 11) is 0. The van der Waals surface area contributed by atoms with Crippen molar-refractivity contribution in [1.82, 2.24) is 0 Å². The summed E-state index contributed by atoms with van der Waals surface area (Å²) in [6.07, 6.45) is 0. The number of carboxylic acid groups (broad SMARTS) is 4. The molecule has 0 rings (SSSR count). The van der Waals surface area contributed by atoms with Crippen molar-refractivity contribution in [2.24, 2.45) is 0 Å². The molecule has 0 aliphatic carbocycles. The first kappa shape index (κ1) is 38.4. The summed E-state index contributed by atoms with van der Waals surface area (Å²) in [4.78, 5) is 33.4. The zero-order valence-electron chi connectivity index (χ0n) is 6.37. The van der Waals surface area contributed by atoms with Gasteiger partial charge in [-0.15, -0.1) is 0 Å². The molecule has 0 aliphatic heterocycles. The molecule has 0 spiro atoms. The third-order valence-electron chi connectivity index (χ3n) is 0. The molecule has 0 unspecified atom stereocenters. The van der Waals surface area contributed by atoms with Crippen molar-refractivity contribution in [3.63, 3.8) is 0 Å². The van der Waals surface area contributed by atoms with Gasteiger partial charge in [-0.2, -0.15) is 0 Å². The minimum Gasteiger partial charge on any atom is -0.483 e. The summed E-state index contributed by atoms with van der Waals surface area (Å²) in [5.74, 6) is 0. The van der Waals surface area contributed by atoms with Crippen LogP contribution < -0.4 is 0 Å². The minimum absolute atomic E-state index is 0. The molecule has 0 aromatic heterocycles. The van der Waals surface area contributed by atoms with Crippen LogP contribution in [-0.4, -0.2) is 46.3 Å². The summed E-state index contributed by atoms with van der Waals surface area (Å²) < 4.78 is 0. The molecule has 4 N–H and O–H groups in total. The Hall–Kier alpha value is -1.09. The number of carbonyl (C=O) groups is 4. The van der Waals surface area contributed by atoms with E-state index in [1.165, 1.54) is 0 Å². The van der Waals surface area contributed by atoms with Crippen molar-refractivity contribution in [1.29, 1.82) is 0 Å². The fourth-order valence-electron chi connectivity index (χ4n) is 0. The molecule has 0 heterocycles. The van der Waals surface area contributed by atoms with Gasteiger partial charge in [0.05, 0.1) is 0 Å². The first-order valence-electron chi connectivity index (χ1n) is 1.98. The van der Waals surface area contributed by atoms with E-state index in [2.05, 4.69) is 0 Å². The Bertz CT molecular complexity index is 75.3. The molecule has 0 aromatic carbocycles. The van der Waals surface area contributed by atoms with Gasteiger partial charge in [0.1, 0.15) is 0 Å². The fraction of sp³-hybridized carbons (Fsp3) is 0. The van der Waals surface area contributed by atoms with Gasteiger partial charge < -0.3 is 20.4 Å². The van der Waals surface area contributed by atoms with Gasteiger partial charge >= 0.3 is 0 Å². The van der Waals surface area contributed by atoms with E-state index in [-0.39, 0.29) is 59.7 Å². The predicted molar refractivity (Wildman–Crippen MR) is 34.8 cm³/mol. The fourth-order valence-corrected chi connectivity index (χ4v) is 0. The van der Waals surface area contributed by atoms with Crippen LogP contribution in [0, 0.1) is 0 Å². The van der Waals surface area contributed by atoms with Crippen molar-refractivity contribution in [2.45, 2.75) is 0 Å². The standard InChI is InChI=1S/4CH2O2.Co.Cu/c4*2-1-3;;/h4*1H,(H,2,3);;. The quantitative estimate of drug-likeness (QED) is 0.322. The van der Waals surface area contributed by atoms with E-state index in [0.29, 0.717) is 0 Å². The van der Waals surface area contributed by atoms with Crippen LogP contribution in [0.25, 0.3) is 0 Å². The van der Waals surface area contributed by atoms with Crippen LogP contribution in [0.5, 0.6) is 0 Å². The minimum atomic E-state index is -0.250. The van der Waals surface area contributed by atoms with Crippen LogP contribution >= 0.6 is 0 Å². The maximum atomic E-state index is 8.36. The third-order valence-corrected chi connectivity index (χ3v) is 0. The van der Waals surface area contributed by atoms with Gasteiger partial charge in [0.2, 0.25) is 0 Å². The van der Waals surface area contributed by atoms with Crippen LogP contribution in [0.3, 0.4) is 0 Å². The molecule has 2 radical (unpaired) electrons. The molecule has 92 valence electrons. The summed E-state index contributed by atoms with van der Waals surface area (Å²) in [6.45, 7) is -1.00.